The van der Waals surface area contributed by atoms with Gasteiger partial charge >= 0.3 is 6.09 Å². The molecule has 3 aromatic carbocycles. The molecule has 0 bridgehead atoms. The minimum absolute atomic E-state index is 0.120. The summed E-state index contributed by atoms with van der Waals surface area (Å²) in [7, 11) is 1.74. The number of anilines is 1. The van der Waals surface area contributed by atoms with Crippen molar-refractivity contribution in [2.45, 2.75) is 51.0 Å². The van der Waals surface area contributed by atoms with E-state index in [4.69, 9.17) is 9.47 Å². The zero-order valence-electron chi connectivity index (χ0n) is 22.8. The fourth-order valence-electron chi connectivity index (χ4n) is 5.88. The molecule has 1 N–H and O–H groups in total. The molecule has 0 radical (unpaired) electrons. The molecule has 0 saturated carbocycles. The SMILES string of the molecule is COc1cc(N2CCN(C(=O)OC(C)(C)C)CC2)ccc1[C@H]1c2ccc(O)cc2CC[C@H]1c1ccccc1. The number of hydrogen-bond acceptors (Lipinski definition) is 5. The molecule has 38 heavy (non-hydrogen) atoms. The first kappa shape index (κ1) is 26.0. The maximum atomic E-state index is 12.5. The molecule has 1 fully saturated rings. The van der Waals surface area contributed by atoms with Crippen LogP contribution < -0.4 is 9.64 Å². The zero-order chi connectivity index (χ0) is 26.9. The van der Waals surface area contributed by atoms with Crippen molar-refractivity contribution in [1.82, 2.24) is 4.90 Å². The molecule has 200 valence electrons. The van der Waals surface area contributed by atoms with Gasteiger partial charge in [-0.15, -0.1) is 0 Å². The standard InChI is InChI=1S/C32H38N2O4/c1-32(2,3)38-31(36)34-18-16-33(17-19-34)24-11-14-28(29(21-24)37-4)30-26(22-8-6-5-7-9-22)13-10-23-20-25(35)12-15-27(23)30/h5-9,11-12,14-15,20-21,26,30,35H,10,13,16-19H2,1-4H3/t26-,30+/m0/s1. The number of rotatable bonds is 4. The van der Waals surface area contributed by atoms with Crippen LogP contribution in [0.25, 0.3) is 0 Å². The second kappa shape index (κ2) is 10.6. The molecule has 6 heteroatoms. The zero-order valence-corrected chi connectivity index (χ0v) is 22.8. The number of fused-ring (bicyclic) bond motifs is 1. The van der Waals surface area contributed by atoms with Gasteiger partial charge in [-0.05, 0) is 74.4 Å². The molecule has 5 rings (SSSR count). The first-order chi connectivity index (χ1) is 18.2. The van der Waals surface area contributed by atoms with Gasteiger partial charge in [0.05, 0.1) is 7.11 Å². The minimum Gasteiger partial charge on any atom is -0.508 e. The third-order valence-corrected chi connectivity index (χ3v) is 7.67. The van der Waals surface area contributed by atoms with E-state index >= 15 is 0 Å². The Hall–Kier alpha value is -3.67. The summed E-state index contributed by atoms with van der Waals surface area (Å²) >= 11 is 0. The van der Waals surface area contributed by atoms with E-state index in [9.17, 15) is 9.90 Å². The van der Waals surface area contributed by atoms with Crippen molar-refractivity contribution in [2.24, 2.45) is 0 Å². The van der Waals surface area contributed by atoms with Gasteiger partial charge in [0, 0.05) is 49.4 Å². The van der Waals surface area contributed by atoms with Gasteiger partial charge in [-0.1, -0.05) is 42.5 Å². The molecule has 6 nitrogen and oxygen atoms in total. The van der Waals surface area contributed by atoms with E-state index in [0.717, 1.165) is 42.9 Å². The summed E-state index contributed by atoms with van der Waals surface area (Å²) in [5.74, 6) is 1.61. The van der Waals surface area contributed by atoms with Crippen molar-refractivity contribution in [3.8, 4) is 11.5 Å². The lowest BCUT2D eigenvalue weighted by molar-refractivity contribution is 0.0240. The first-order valence-corrected chi connectivity index (χ1v) is 13.5. The van der Waals surface area contributed by atoms with Crippen molar-refractivity contribution >= 4 is 11.8 Å². The van der Waals surface area contributed by atoms with Crippen molar-refractivity contribution in [3.63, 3.8) is 0 Å². The van der Waals surface area contributed by atoms with Crippen LogP contribution >= 0.6 is 0 Å². The summed E-state index contributed by atoms with van der Waals surface area (Å²) in [6, 6.07) is 23.0. The number of aryl methyl sites for hydroxylation is 1. The maximum absolute atomic E-state index is 12.5. The monoisotopic (exact) mass is 514 g/mol. The predicted octanol–water partition coefficient (Wildman–Crippen LogP) is 6.32. The Labute approximate surface area is 225 Å². The molecule has 3 aromatic rings. The number of benzene rings is 3. The van der Waals surface area contributed by atoms with E-state index in [0.29, 0.717) is 24.8 Å². The van der Waals surface area contributed by atoms with Crippen LogP contribution in [0, 0.1) is 0 Å². The third kappa shape index (κ3) is 5.45. The molecule has 1 aliphatic carbocycles. The second-order valence-electron chi connectivity index (χ2n) is 11.3. The van der Waals surface area contributed by atoms with Crippen molar-refractivity contribution in [2.75, 3.05) is 38.2 Å². The number of hydrogen-bond donors (Lipinski definition) is 1. The quantitative estimate of drug-likeness (QED) is 0.441. The van der Waals surface area contributed by atoms with Gasteiger partial charge in [-0.25, -0.2) is 4.79 Å². The number of ether oxygens (including phenoxy) is 2. The molecule has 2 aliphatic rings. The topological polar surface area (TPSA) is 62.2 Å². The summed E-state index contributed by atoms with van der Waals surface area (Å²) in [6.07, 6.45) is 1.68. The highest BCUT2D eigenvalue weighted by Gasteiger charge is 2.34. The summed E-state index contributed by atoms with van der Waals surface area (Å²) in [5, 5.41) is 10.2. The number of amides is 1. The normalized spacial score (nSPS) is 19.6. The van der Waals surface area contributed by atoms with Crippen LogP contribution in [-0.4, -0.2) is 55.0 Å². The summed E-state index contributed by atoms with van der Waals surface area (Å²) in [5.41, 5.74) is 5.52. The highest BCUT2D eigenvalue weighted by Crippen LogP contribution is 2.49. The molecule has 1 heterocycles. The fourth-order valence-corrected chi connectivity index (χ4v) is 5.88. The van der Waals surface area contributed by atoms with Gasteiger partial charge in [0.25, 0.3) is 0 Å². The maximum Gasteiger partial charge on any atom is 0.410 e. The lowest BCUT2D eigenvalue weighted by Crippen LogP contribution is -2.50. The summed E-state index contributed by atoms with van der Waals surface area (Å²) < 4.78 is 11.6. The summed E-state index contributed by atoms with van der Waals surface area (Å²) in [4.78, 5) is 16.6. The van der Waals surface area contributed by atoms with Crippen LogP contribution in [0.4, 0.5) is 10.5 Å². The average Bonchev–Trinajstić information content (AvgIpc) is 2.91. The molecule has 0 aromatic heterocycles. The van der Waals surface area contributed by atoms with Crippen molar-refractivity contribution in [1.29, 1.82) is 0 Å². The Balaban J connectivity index is 1.43. The van der Waals surface area contributed by atoms with E-state index in [1.54, 1.807) is 18.1 Å². The molecule has 1 aliphatic heterocycles. The number of phenols is 1. The van der Waals surface area contributed by atoms with Gasteiger partial charge in [0.1, 0.15) is 17.1 Å². The number of carbonyl (C=O) groups is 1. The summed E-state index contributed by atoms with van der Waals surface area (Å²) in [6.45, 7) is 8.39. The Morgan fingerprint density at radius 1 is 0.921 bits per heavy atom. The molecule has 1 saturated heterocycles. The van der Waals surface area contributed by atoms with Gasteiger partial charge < -0.3 is 24.4 Å². The Kier molecular flexibility index (Phi) is 7.24. The Bertz CT molecular complexity index is 1280. The number of carbonyl (C=O) groups excluding carboxylic acids is 1. The van der Waals surface area contributed by atoms with Crippen LogP contribution in [0.2, 0.25) is 0 Å². The van der Waals surface area contributed by atoms with E-state index in [-0.39, 0.29) is 12.0 Å². The van der Waals surface area contributed by atoms with Crippen molar-refractivity contribution in [3.05, 3.63) is 89.0 Å². The van der Waals surface area contributed by atoms with E-state index < -0.39 is 5.60 Å². The van der Waals surface area contributed by atoms with E-state index in [1.165, 1.54) is 16.7 Å². The lowest BCUT2D eigenvalue weighted by Gasteiger charge is -2.38. The van der Waals surface area contributed by atoms with Crippen LogP contribution in [0.1, 0.15) is 61.3 Å². The first-order valence-electron chi connectivity index (χ1n) is 13.5. The van der Waals surface area contributed by atoms with Crippen LogP contribution in [0.15, 0.2) is 66.7 Å². The Morgan fingerprint density at radius 2 is 1.63 bits per heavy atom. The number of piperazine rings is 1. The number of aromatic hydroxyl groups is 1. The number of nitrogens with zero attached hydrogens (tertiary/aromatic N) is 2. The van der Waals surface area contributed by atoms with Crippen LogP contribution in [0.3, 0.4) is 0 Å². The smallest absolute Gasteiger partial charge is 0.410 e. The van der Waals surface area contributed by atoms with Crippen molar-refractivity contribution < 1.29 is 19.4 Å². The third-order valence-electron chi connectivity index (χ3n) is 7.67. The Morgan fingerprint density at radius 3 is 2.32 bits per heavy atom. The lowest BCUT2D eigenvalue weighted by atomic mass is 9.69. The number of methoxy groups -OCH3 is 1. The molecular formula is C32H38N2O4. The van der Waals surface area contributed by atoms with Gasteiger partial charge in [0.15, 0.2) is 0 Å². The van der Waals surface area contributed by atoms with Gasteiger partial charge in [0.2, 0.25) is 0 Å². The second-order valence-corrected chi connectivity index (χ2v) is 11.3. The molecule has 0 spiro atoms. The predicted molar refractivity (Wildman–Crippen MR) is 150 cm³/mol. The molecule has 2 atom stereocenters. The van der Waals surface area contributed by atoms with Gasteiger partial charge in [-0.2, -0.15) is 0 Å². The van der Waals surface area contributed by atoms with Gasteiger partial charge in [-0.3, -0.25) is 0 Å². The minimum atomic E-state index is -0.495. The van der Waals surface area contributed by atoms with Crippen LogP contribution in [0.5, 0.6) is 11.5 Å². The van der Waals surface area contributed by atoms with Crippen LogP contribution in [-0.2, 0) is 11.2 Å². The molecular weight excluding hydrogens is 476 g/mol. The largest absolute Gasteiger partial charge is 0.508 e. The number of phenolic OH excluding ortho intramolecular Hbond substituents is 1. The van der Waals surface area contributed by atoms with E-state index in [1.807, 2.05) is 26.8 Å². The fraction of sp³-hybridized carbons (Fsp3) is 0.406. The highest BCUT2D eigenvalue weighted by molar-refractivity contribution is 5.69. The molecule has 1 amide bonds. The van der Waals surface area contributed by atoms with E-state index in [2.05, 4.69) is 59.5 Å². The highest BCUT2D eigenvalue weighted by atomic mass is 16.6. The average molecular weight is 515 g/mol. The molecule has 0 unspecified atom stereocenters.